The molecule has 0 atom stereocenters. The summed E-state index contributed by atoms with van der Waals surface area (Å²) in [5.41, 5.74) is 6.98. The van der Waals surface area contributed by atoms with Crippen molar-refractivity contribution in [2.75, 3.05) is 11.5 Å². The second kappa shape index (κ2) is 3.98. The van der Waals surface area contributed by atoms with Crippen molar-refractivity contribution in [1.82, 2.24) is 9.97 Å². The van der Waals surface area contributed by atoms with E-state index in [9.17, 15) is 0 Å². The number of rotatable bonds is 0. The molecule has 12 heavy (non-hydrogen) atoms. The molecule has 1 aromatic rings. The van der Waals surface area contributed by atoms with E-state index in [0.29, 0.717) is 5.75 Å². The predicted octanol–water partition coefficient (Wildman–Crippen LogP) is 0.649. The second-order valence-corrected chi connectivity index (χ2v) is 2.50. The van der Waals surface area contributed by atoms with Crippen LogP contribution in [0.5, 0.6) is 0 Å². The van der Waals surface area contributed by atoms with Gasteiger partial charge in [0.1, 0.15) is 0 Å². The molecule has 4 heteroatoms. The van der Waals surface area contributed by atoms with E-state index in [0.717, 1.165) is 11.3 Å². The zero-order chi connectivity index (χ0) is 8.97. The van der Waals surface area contributed by atoms with Gasteiger partial charge >= 0.3 is 0 Å². The summed E-state index contributed by atoms with van der Waals surface area (Å²) in [5.74, 6) is 6.51. The molecular weight excluding hydrogens is 170 g/mol. The summed E-state index contributed by atoms with van der Waals surface area (Å²) in [7, 11) is 0. The molecule has 62 valence electrons. The summed E-state index contributed by atoms with van der Waals surface area (Å²) in [6, 6.07) is 0. The molecule has 1 aromatic heterocycles. The van der Waals surface area contributed by atoms with Gasteiger partial charge in [-0.3, -0.25) is 0 Å². The van der Waals surface area contributed by atoms with Gasteiger partial charge in [0, 0.05) is 6.20 Å². The maximum atomic E-state index is 5.37. The van der Waals surface area contributed by atoms with E-state index in [4.69, 9.17) is 5.73 Å². The highest BCUT2D eigenvalue weighted by molar-refractivity contribution is 7.80. The van der Waals surface area contributed by atoms with Gasteiger partial charge in [0.15, 0.2) is 0 Å². The minimum Gasteiger partial charge on any atom is -0.368 e. The van der Waals surface area contributed by atoms with E-state index in [1.165, 1.54) is 0 Å². The van der Waals surface area contributed by atoms with Gasteiger partial charge in [-0.2, -0.15) is 12.6 Å². The third-order valence-corrected chi connectivity index (χ3v) is 1.46. The lowest BCUT2D eigenvalue weighted by Gasteiger charge is -1.96. The molecular formula is C8H9N3S. The van der Waals surface area contributed by atoms with Crippen LogP contribution in [0.2, 0.25) is 0 Å². The number of aryl methyl sites for hydroxylation is 1. The summed E-state index contributed by atoms with van der Waals surface area (Å²) in [4.78, 5) is 7.80. The smallest absolute Gasteiger partial charge is 0.220 e. The van der Waals surface area contributed by atoms with Crippen molar-refractivity contribution in [3.8, 4) is 11.8 Å². The van der Waals surface area contributed by atoms with Crippen LogP contribution < -0.4 is 5.73 Å². The average Bonchev–Trinajstić information content (AvgIpc) is 2.03. The monoisotopic (exact) mass is 179 g/mol. The highest BCUT2D eigenvalue weighted by Gasteiger charge is 1.96. The normalized spacial score (nSPS) is 8.83. The van der Waals surface area contributed by atoms with E-state index < -0.39 is 0 Å². The molecule has 2 N–H and O–H groups in total. The first-order valence-corrected chi connectivity index (χ1v) is 4.06. The van der Waals surface area contributed by atoms with Crippen LogP contribution in [-0.4, -0.2) is 15.7 Å². The molecule has 3 nitrogen and oxygen atoms in total. The maximum Gasteiger partial charge on any atom is 0.220 e. The van der Waals surface area contributed by atoms with Crippen molar-refractivity contribution in [3.05, 3.63) is 17.5 Å². The van der Waals surface area contributed by atoms with Crippen molar-refractivity contribution < 1.29 is 0 Å². The number of anilines is 1. The summed E-state index contributed by atoms with van der Waals surface area (Å²) in [5, 5.41) is 0. The molecule has 1 rings (SSSR count). The number of nitrogens with zero attached hydrogens (tertiary/aromatic N) is 2. The van der Waals surface area contributed by atoms with Crippen LogP contribution in [-0.2, 0) is 0 Å². The average molecular weight is 179 g/mol. The highest BCUT2D eigenvalue weighted by Crippen LogP contribution is 2.02. The molecule has 0 aliphatic rings. The molecule has 0 saturated heterocycles. The Hall–Kier alpha value is -1.21. The molecule has 0 spiro atoms. The van der Waals surface area contributed by atoms with E-state index in [2.05, 4.69) is 34.4 Å². The Kier molecular flexibility index (Phi) is 2.94. The molecule has 1 heterocycles. The van der Waals surface area contributed by atoms with Gasteiger partial charge < -0.3 is 5.73 Å². The third kappa shape index (κ3) is 2.14. The van der Waals surface area contributed by atoms with Gasteiger partial charge in [0.05, 0.1) is 17.0 Å². The van der Waals surface area contributed by atoms with Crippen LogP contribution in [0.1, 0.15) is 11.3 Å². The fraction of sp³-hybridized carbons (Fsp3) is 0.250. The fourth-order valence-electron chi connectivity index (χ4n) is 0.742. The van der Waals surface area contributed by atoms with Crippen molar-refractivity contribution in [3.63, 3.8) is 0 Å². The van der Waals surface area contributed by atoms with Gasteiger partial charge in [0.25, 0.3) is 0 Å². The van der Waals surface area contributed by atoms with Crippen LogP contribution in [0.4, 0.5) is 5.95 Å². The van der Waals surface area contributed by atoms with Crippen LogP contribution in [0.25, 0.3) is 0 Å². The van der Waals surface area contributed by atoms with Gasteiger partial charge in [0.2, 0.25) is 5.95 Å². The first kappa shape index (κ1) is 8.88. The summed E-state index contributed by atoms with van der Waals surface area (Å²) < 4.78 is 0. The first-order chi connectivity index (χ1) is 5.74. The lowest BCUT2D eigenvalue weighted by atomic mass is 10.2. The molecule has 0 radical (unpaired) electrons. The van der Waals surface area contributed by atoms with Crippen LogP contribution in [0.3, 0.4) is 0 Å². The Morgan fingerprint density at radius 2 is 2.42 bits per heavy atom. The third-order valence-electron chi connectivity index (χ3n) is 1.30. The number of hydrogen-bond acceptors (Lipinski definition) is 4. The topological polar surface area (TPSA) is 51.8 Å². The van der Waals surface area contributed by atoms with Gasteiger partial charge in [-0.25, -0.2) is 9.97 Å². The van der Waals surface area contributed by atoms with E-state index in [1.807, 2.05) is 6.92 Å². The molecule has 0 amide bonds. The molecule has 0 aliphatic heterocycles. The van der Waals surface area contributed by atoms with Crippen molar-refractivity contribution in [2.45, 2.75) is 6.92 Å². The molecule has 0 fully saturated rings. The maximum absolute atomic E-state index is 5.37. The number of nitrogen functional groups attached to an aromatic ring is 1. The fourth-order valence-corrected chi connectivity index (χ4v) is 0.822. The molecule has 0 aromatic carbocycles. The number of aromatic nitrogens is 2. The minimum atomic E-state index is 0.281. The lowest BCUT2D eigenvalue weighted by Crippen LogP contribution is -1.98. The molecule has 0 aliphatic carbocycles. The summed E-state index contributed by atoms with van der Waals surface area (Å²) in [6.07, 6.45) is 1.62. The van der Waals surface area contributed by atoms with Crippen molar-refractivity contribution in [1.29, 1.82) is 0 Å². The zero-order valence-electron chi connectivity index (χ0n) is 6.70. The quantitative estimate of drug-likeness (QED) is 0.454. The Balaban J connectivity index is 3.01. The van der Waals surface area contributed by atoms with E-state index >= 15 is 0 Å². The van der Waals surface area contributed by atoms with Crippen molar-refractivity contribution >= 4 is 18.6 Å². The Labute approximate surface area is 76.8 Å². The van der Waals surface area contributed by atoms with Crippen molar-refractivity contribution in [2.24, 2.45) is 0 Å². The van der Waals surface area contributed by atoms with Gasteiger partial charge in [-0.1, -0.05) is 11.8 Å². The number of nitrogens with two attached hydrogens (primary N) is 1. The minimum absolute atomic E-state index is 0.281. The van der Waals surface area contributed by atoms with Crippen LogP contribution in [0, 0.1) is 18.8 Å². The van der Waals surface area contributed by atoms with Gasteiger partial charge in [-0.15, -0.1) is 0 Å². The first-order valence-electron chi connectivity index (χ1n) is 3.43. The van der Waals surface area contributed by atoms with Crippen LogP contribution in [0.15, 0.2) is 6.20 Å². The number of hydrogen-bond donors (Lipinski definition) is 2. The SMILES string of the molecule is Cc1nc(N)ncc1C#CCS. The predicted molar refractivity (Wildman–Crippen MR) is 51.9 cm³/mol. The Morgan fingerprint density at radius 1 is 1.67 bits per heavy atom. The standard InChI is InChI=1S/C8H9N3S/c1-6-7(3-2-4-12)5-10-8(9)11-6/h5,12H,4H2,1H3,(H2,9,10,11). The zero-order valence-corrected chi connectivity index (χ0v) is 7.60. The molecule has 0 unspecified atom stereocenters. The van der Waals surface area contributed by atoms with Crippen LogP contribution >= 0.6 is 12.6 Å². The molecule has 0 saturated carbocycles. The lowest BCUT2D eigenvalue weighted by molar-refractivity contribution is 1.11. The number of thiol groups is 1. The Bertz CT molecular complexity index is 338. The summed E-state index contributed by atoms with van der Waals surface area (Å²) >= 11 is 3.97. The second-order valence-electron chi connectivity index (χ2n) is 2.19. The van der Waals surface area contributed by atoms with E-state index in [-0.39, 0.29) is 5.95 Å². The van der Waals surface area contributed by atoms with E-state index in [1.54, 1.807) is 6.20 Å². The van der Waals surface area contributed by atoms with Gasteiger partial charge in [-0.05, 0) is 6.92 Å². The summed E-state index contributed by atoms with van der Waals surface area (Å²) in [6.45, 7) is 1.85. The Morgan fingerprint density at radius 3 is 3.00 bits per heavy atom. The largest absolute Gasteiger partial charge is 0.368 e. The highest BCUT2D eigenvalue weighted by atomic mass is 32.1. The molecule has 0 bridgehead atoms.